The molecule has 1 heterocycles. The second-order valence-corrected chi connectivity index (χ2v) is 11.1. The van der Waals surface area contributed by atoms with Crippen molar-refractivity contribution in [1.82, 2.24) is 15.6 Å². The molecule has 2 aliphatic rings. The Bertz CT molecular complexity index is 1290. The summed E-state index contributed by atoms with van der Waals surface area (Å²) in [5.41, 5.74) is -0.697. The number of carbonyl (C=O) groups excluding carboxylic acids is 1. The molecule has 2 saturated carbocycles. The third-order valence-electron chi connectivity index (χ3n) is 7.83. The summed E-state index contributed by atoms with van der Waals surface area (Å²) in [6.07, 6.45) is 1.15. The van der Waals surface area contributed by atoms with Gasteiger partial charge >= 0.3 is 12.2 Å². The lowest BCUT2D eigenvalue weighted by atomic mass is 9.79. The highest BCUT2D eigenvalue weighted by Crippen LogP contribution is 2.44. The first kappa shape index (κ1) is 26.9. The number of aromatic nitrogens is 1. The van der Waals surface area contributed by atoms with Gasteiger partial charge in [-0.15, -0.1) is 0 Å². The second kappa shape index (κ2) is 10.8. The van der Waals surface area contributed by atoms with Gasteiger partial charge in [0.1, 0.15) is 11.4 Å². The minimum absolute atomic E-state index is 0.00998. The average Bonchev–Trinajstić information content (AvgIpc) is 3.51. The Balaban J connectivity index is 1.63. The van der Waals surface area contributed by atoms with E-state index in [9.17, 15) is 22.4 Å². The van der Waals surface area contributed by atoms with E-state index in [0.29, 0.717) is 28.0 Å². The van der Waals surface area contributed by atoms with Crippen molar-refractivity contribution in [1.29, 1.82) is 0 Å². The van der Waals surface area contributed by atoms with E-state index >= 15 is 0 Å². The fourth-order valence-electron chi connectivity index (χ4n) is 6.00. The first-order chi connectivity index (χ1) is 18.2. The molecule has 1 aromatic heterocycles. The molecule has 200 valence electrons. The molecule has 9 heteroatoms. The largest absolute Gasteiger partial charge is 0.416 e. The lowest BCUT2D eigenvalue weighted by molar-refractivity contribution is -0.137. The number of nitrogens with zero attached hydrogens (tertiary/aromatic N) is 1. The van der Waals surface area contributed by atoms with Crippen LogP contribution in [0.3, 0.4) is 0 Å². The van der Waals surface area contributed by atoms with Crippen molar-refractivity contribution in [2.75, 3.05) is 0 Å². The molecule has 38 heavy (non-hydrogen) atoms. The summed E-state index contributed by atoms with van der Waals surface area (Å²) in [6.45, 7) is 0. The molecule has 4 nitrogen and oxygen atoms in total. The lowest BCUT2D eigenvalue weighted by Gasteiger charge is -2.37. The number of amides is 2. The second-order valence-electron chi connectivity index (χ2n) is 10.4. The molecule has 2 fully saturated rings. The third kappa shape index (κ3) is 5.67. The summed E-state index contributed by atoms with van der Waals surface area (Å²) in [6, 6.07) is 14.6. The van der Waals surface area contributed by atoms with Gasteiger partial charge in [-0.2, -0.15) is 13.2 Å². The van der Waals surface area contributed by atoms with Gasteiger partial charge in [0.15, 0.2) is 0 Å². The number of rotatable bonds is 7. The van der Waals surface area contributed by atoms with Gasteiger partial charge in [0.25, 0.3) is 0 Å². The zero-order valence-electron chi connectivity index (χ0n) is 20.6. The Morgan fingerprint density at radius 2 is 1.74 bits per heavy atom. The minimum Gasteiger partial charge on any atom is -0.335 e. The van der Waals surface area contributed by atoms with Crippen LogP contribution in [0.25, 0.3) is 0 Å². The van der Waals surface area contributed by atoms with Crippen LogP contribution in [-0.4, -0.2) is 17.1 Å². The Kier molecular flexibility index (Phi) is 7.66. The smallest absolute Gasteiger partial charge is 0.335 e. The Morgan fingerprint density at radius 1 is 0.974 bits per heavy atom. The Morgan fingerprint density at radius 3 is 2.34 bits per heavy atom. The number of nitrogens with one attached hydrogen (secondary N) is 2. The maximum absolute atomic E-state index is 14.8. The fourth-order valence-corrected chi connectivity index (χ4v) is 6.45. The van der Waals surface area contributed by atoms with Gasteiger partial charge in [0.2, 0.25) is 0 Å². The standard InChI is InChI=1S/C29H28F4IN3O/c30-24-13-22(12-23(14-24)29(31,32)33)28(15-18-4-2-1-3-5-18,26-9-7-20(16-34)17-35-26)37-27(38)36-25-11-19-6-8-21(25)10-19/h1-5,7,9,12-14,17,19,21,25H,6,8,10-11,15-16H2,(H2,36,37,38)/t19-,21+,25+,28+/m0/s1. The van der Waals surface area contributed by atoms with Crippen molar-refractivity contribution in [3.63, 3.8) is 0 Å². The summed E-state index contributed by atoms with van der Waals surface area (Å²) in [5.74, 6) is -0.0350. The molecule has 2 bridgehead atoms. The van der Waals surface area contributed by atoms with Crippen LogP contribution >= 0.6 is 22.6 Å². The van der Waals surface area contributed by atoms with E-state index in [4.69, 9.17) is 0 Å². The number of hydrogen-bond acceptors (Lipinski definition) is 2. The SMILES string of the molecule is O=C(N[C@@H]1C[C@H]2CC[C@@H]1C2)N[C@](Cc1ccccc1)(c1cc(F)cc(C(F)(F)F)c1)c1ccc(CI)cn1. The van der Waals surface area contributed by atoms with E-state index in [1.54, 1.807) is 12.3 Å². The van der Waals surface area contributed by atoms with E-state index in [1.165, 1.54) is 6.42 Å². The molecule has 2 amide bonds. The zero-order chi connectivity index (χ0) is 26.9. The minimum atomic E-state index is -4.76. The average molecular weight is 637 g/mol. The van der Waals surface area contributed by atoms with Crippen molar-refractivity contribution in [2.45, 2.75) is 54.3 Å². The number of halogens is 5. The lowest BCUT2D eigenvalue weighted by Crippen LogP contribution is -2.55. The molecule has 0 radical (unpaired) electrons. The van der Waals surface area contributed by atoms with Crippen LogP contribution in [0, 0.1) is 17.7 Å². The van der Waals surface area contributed by atoms with Crippen LogP contribution in [0.1, 0.15) is 53.6 Å². The zero-order valence-corrected chi connectivity index (χ0v) is 22.7. The third-order valence-corrected chi connectivity index (χ3v) is 8.71. The number of pyridine rings is 1. The van der Waals surface area contributed by atoms with E-state index in [-0.39, 0.29) is 18.0 Å². The molecule has 2 N–H and O–H groups in total. The van der Waals surface area contributed by atoms with E-state index in [1.807, 2.05) is 36.4 Å². The Hall–Kier alpha value is -2.69. The number of fused-ring (bicyclic) bond motifs is 2. The molecule has 0 saturated heterocycles. The fraction of sp³-hybridized carbons (Fsp3) is 0.379. The highest BCUT2D eigenvalue weighted by molar-refractivity contribution is 14.1. The maximum Gasteiger partial charge on any atom is 0.416 e. The van der Waals surface area contributed by atoms with Crippen molar-refractivity contribution >= 4 is 28.6 Å². The number of benzene rings is 2. The molecular weight excluding hydrogens is 609 g/mol. The molecule has 5 rings (SSSR count). The van der Waals surface area contributed by atoms with Crippen molar-refractivity contribution in [3.8, 4) is 0 Å². The quantitative estimate of drug-likeness (QED) is 0.164. The molecule has 4 atom stereocenters. The van der Waals surface area contributed by atoms with Gasteiger partial charge in [-0.1, -0.05) is 65.4 Å². The van der Waals surface area contributed by atoms with Gasteiger partial charge in [0.05, 0.1) is 11.3 Å². The normalized spacial score (nSPS) is 22.2. The number of carbonyl (C=O) groups is 1. The van der Waals surface area contributed by atoms with Gasteiger partial charge in [-0.05, 0) is 72.1 Å². The number of hydrogen-bond donors (Lipinski definition) is 2. The van der Waals surface area contributed by atoms with Gasteiger partial charge in [0, 0.05) is 23.1 Å². The van der Waals surface area contributed by atoms with Crippen LogP contribution in [0.5, 0.6) is 0 Å². The first-order valence-electron chi connectivity index (χ1n) is 12.7. The molecule has 0 aliphatic heterocycles. The van der Waals surface area contributed by atoms with E-state index < -0.39 is 29.1 Å². The van der Waals surface area contributed by atoms with Gasteiger partial charge in [-0.3, -0.25) is 4.98 Å². The molecule has 0 spiro atoms. The van der Waals surface area contributed by atoms with Crippen LogP contribution in [0.2, 0.25) is 0 Å². The van der Waals surface area contributed by atoms with Crippen molar-refractivity contribution < 1.29 is 22.4 Å². The van der Waals surface area contributed by atoms with Crippen LogP contribution in [0.15, 0.2) is 66.9 Å². The molecular formula is C29H28F4IN3O. The molecule has 2 aromatic carbocycles. The highest BCUT2D eigenvalue weighted by atomic mass is 127. The predicted molar refractivity (Wildman–Crippen MR) is 145 cm³/mol. The summed E-state index contributed by atoms with van der Waals surface area (Å²) in [5, 5.41) is 6.07. The number of alkyl halides is 4. The van der Waals surface area contributed by atoms with Crippen molar-refractivity contribution in [2.24, 2.45) is 11.8 Å². The topological polar surface area (TPSA) is 54.0 Å². The summed E-state index contributed by atoms with van der Waals surface area (Å²) < 4.78 is 56.9. The van der Waals surface area contributed by atoms with Crippen LogP contribution in [0.4, 0.5) is 22.4 Å². The highest BCUT2D eigenvalue weighted by Gasteiger charge is 2.43. The van der Waals surface area contributed by atoms with Crippen LogP contribution in [-0.2, 0) is 22.6 Å². The summed E-state index contributed by atoms with van der Waals surface area (Å²) in [4.78, 5) is 18.1. The van der Waals surface area contributed by atoms with Crippen molar-refractivity contribution in [3.05, 3.63) is 101 Å². The van der Waals surface area contributed by atoms with E-state index in [0.717, 1.165) is 42.5 Å². The summed E-state index contributed by atoms with van der Waals surface area (Å²) in [7, 11) is 0. The molecule has 0 unspecified atom stereocenters. The van der Waals surface area contributed by atoms with E-state index in [2.05, 4.69) is 38.2 Å². The number of urea groups is 1. The molecule has 3 aromatic rings. The first-order valence-corrected chi connectivity index (χ1v) is 14.2. The van der Waals surface area contributed by atoms with Crippen LogP contribution < -0.4 is 10.6 Å². The van der Waals surface area contributed by atoms with Gasteiger partial charge < -0.3 is 10.6 Å². The van der Waals surface area contributed by atoms with Gasteiger partial charge in [-0.25, -0.2) is 9.18 Å². The Labute approximate surface area is 232 Å². The summed E-state index contributed by atoms with van der Waals surface area (Å²) >= 11 is 2.20. The predicted octanol–water partition coefficient (Wildman–Crippen LogP) is 7.15. The monoisotopic (exact) mass is 637 g/mol. The molecule has 2 aliphatic carbocycles. The maximum atomic E-state index is 14.8.